The molecule has 0 atom stereocenters. The predicted octanol–water partition coefficient (Wildman–Crippen LogP) is 0.941. The van der Waals surface area contributed by atoms with E-state index in [-0.39, 0.29) is 37.4 Å². The minimum Gasteiger partial charge on any atom is -0.353 e. The van der Waals surface area contributed by atoms with Crippen molar-refractivity contribution in [1.29, 1.82) is 0 Å². The van der Waals surface area contributed by atoms with Crippen LogP contribution in [0.4, 0.5) is 5.69 Å². The normalized spacial score (nSPS) is 12.7. The highest BCUT2D eigenvalue weighted by molar-refractivity contribution is 5.96. The van der Waals surface area contributed by atoms with Crippen molar-refractivity contribution in [2.45, 2.75) is 33.2 Å². The first-order valence-electron chi connectivity index (χ1n) is 11.4. The van der Waals surface area contributed by atoms with Gasteiger partial charge in [-0.05, 0) is 63.1 Å². The van der Waals surface area contributed by atoms with Gasteiger partial charge in [-0.15, -0.1) is 5.10 Å². The third-order valence-electron chi connectivity index (χ3n) is 5.47. The highest BCUT2D eigenvalue weighted by atomic mass is 16.2. The lowest BCUT2D eigenvalue weighted by molar-refractivity contribution is -0.122. The average Bonchev–Trinajstić information content (AvgIpc) is 3.62. The molecule has 2 heterocycles. The van der Waals surface area contributed by atoms with Crippen LogP contribution in [0.1, 0.15) is 34.6 Å². The molecule has 0 bridgehead atoms. The maximum atomic E-state index is 12.3. The lowest BCUT2D eigenvalue weighted by Gasteiger charge is -2.10. The molecule has 11 heteroatoms. The van der Waals surface area contributed by atoms with E-state index in [4.69, 9.17) is 0 Å². The molecule has 2 aromatic heterocycles. The first-order chi connectivity index (χ1) is 16.8. The number of rotatable bonds is 9. The number of carbonyl (C=O) groups excluding carboxylic acids is 3. The molecule has 4 rings (SSSR count). The van der Waals surface area contributed by atoms with E-state index < -0.39 is 11.5 Å². The molecule has 1 saturated carbocycles. The van der Waals surface area contributed by atoms with Crippen LogP contribution in [-0.4, -0.2) is 50.4 Å². The van der Waals surface area contributed by atoms with Gasteiger partial charge in [0.25, 0.3) is 11.5 Å². The van der Waals surface area contributed by atoms with E-state index in [1.807, 2.05) is 19.9 Å². The summed E-state index contributed by atoms with van der Waals surface area (Å²) in [5.74, 6) is -0.150. The maximum absolute atomic E-state index is 12.3. The Morgan fingerprint density at radius 3 is 2.34 bits per heavy atom. The number of aromatic nitrogens is 4. The third kappa shape index (κ3) is 6.19. The van der Waals surface area contributed by atoms with Gasteiger partial charge >= 0.3 is 0 Å². The smallest absolute Gasteiger partial charge is 0.267 e. The molecule has 11 nitrogen and oxygen atoms in total. The van der Waals surface area contributed by atoms with Crippen LogP contribution < -0.4 is 21.5 Å². The van der Waals surface area contributed by atoms with E-state index in [1.54, 1.807) is 35.0 Å². The molecule has 0 saturated heterocycles. The van der Waals surface area contributed by atoms with Gasteiger partial charge in [0.15, 0.2) is 5.82 Å². The zero-order chi connectivity index (χ0) is 24.9. The summed E-state index contributed by atoms with van der Waals surface area (Å²) < 4.78 is 2.68. The van der Waals surface area contributed by atoms with Crippen LogP contribution in [0.3, 0.4) is 0 Å². The number of amides is 3. The number of aryl methyl sites for hydroxylation is 2. The lowest BCUT2D eigenvalue weighted by Crippen LogP contribution is -2.38. The molecule has 1 aliphatic rings. The Morgan fingerprint density at radius 1 is 0.971 bits per heavy atom. The SMILES string of the molecule is Cc1cc(C)n(-c2ccc(=O)n(CC(=O)NCCNC(=O)c3ccc(NC(=O)C4CC4)cc3)n2)n1. The highest BCUT2D eigenvalue weighted by Gasteiger charge is 2.29. The summed E-state index contributed by atoms with van der Waals surface area (Å²) in [5, 5.41) is 16.8. The van der Waals surface area contributed by atoms with Crippen LogP contribution in [0, 0.1) is 19.8 Å². The number of hydrogen-bond donors (Lipinski definition) is 3. The zero-order valence-electron chi connectivity index (χ0n) is 19.6. The Hall–Kier alpha value is -4.28. The topological polar surface area (TPSA) is 140 Å². The summed E-state index contributed by atoms with van der Waals surface area (Å²) in [6, 6.07) is 11.4. The second-order valence-corrected chi connectivity index (χ2v) is 8.47. The second kappa shape index (κ2) is 10.3. The van der Waals surface area contributed by atoms with Gasteiger partial charge in [-0.25, -0.2) is 9.36 Å². The van der Waals surface area contributed by atoms with Gasteiger partial charge in [-0.1, -0.05) is 0 Å². The summed E-state index contributed by atoms with van der Waals surface area (Å²) in [5.41, 5.74) is 2.36. The summed E-state index contributed by atoms with van der Waals surface area (Å²) in [6.45, 7) is 3.87. The second-order valence-electron chi connectivity index (χ2n) is 8.47. The molecule has 35 heavy (non-hydrogen) atoms. The van der Waals surface area contributed by atoms with Crippen LogP contribution in [-0.2, 0) is 16.1 Å². The standard InChI is InChI=1S/C24H27N7O4/c1-15-13-16(2)31(28-15)20-9-10-22(33)30(29-20)14-21(32)25-11-12-26-23(34)17-5-7-19(8-6-17)27-24(35)18-3-4-18/h5-10,13,18H,3-4,11-12,14H2,1-2H3,(H,25,32)(H,26,34)(H,27,35). The van der Waals surface area contributed by atoms with E-state index in [9.17, 15) is 19.2 Å². The molecule has 0 radical (unpaired) electrons. The molecule has 3 aromatic rings. The van der Waals surface area contributed by atoms with Gasteiger partial charge in [-0.3, -0.25) is 19.2 Å². The Bertz CT molecular complexity index is 1310. The van der Waals surface area contributed by atoms with Gasteiger partial charge in [0.1, 0.15) is 6.54 Å². The van der Waals surface area contributed by atoms with Crippen LogP contribution >= 0.6 is 0 Å². The predicted molar refractivity (Wildman–Crippen MR) is 128 cm³/mol. The molecular formula is C24H27N7O4. The summed E-state index contributed by atoms with van der Waals surface area (Å²) >= 11 is 0. The largest absolute Gasteiger partial charge is 0.353 e. The maximum Gasteiger partial charge on any atom is 0.267 e. The van der Waals surface area contributed by atoms with Crippen molar-refractivity contribution in [3.8, 4) is 5.82 Å². The van der Waals surface area contributed by atoms with E-state index in [2.05, 4.69) is 26.1 Å². The molecule has 3 amide bonds. The van der Waals surface area contributed by atoms with Crippen LogP contribution in [0.15, 0.2) is 47.3 Å². The fourth-order valence-electron chi connectivity index (χ4n) is 3.49. The Morgan fingerprint density at radius 2 is 1.69 bits per heavy atom. The monoisotopic (exact) mass is 477 g/mol. The van der Waals surface area contributed by atoms with Crippen LogP contribution in [0.2, 0.25) is 0 Å². The first-order valence-corrected chi connectivity index (χ1v) is 11.4. The van der Waals surface area contributed by atoms with E-state index in [0.717, 1.165) is 28.9 Å². The van der Waals surface area contributed by atoms with Gasteiger partial charge < -0.3 is 16.0 Å². The van der Waals surface area contributed by atoms with Crippen LogP contribution in [0.5, 0.6) is 0 Å². The third-order valence-corrected chi connectivity index (χ3v) is 5.47. The Labute approximate surface area is 201 Å². The van der Waals surface area contributed by atoms with E-state index in [0.29, 0.717) is 17.1 Å². The van der Waals surface area contributed by atoms with E-state index in [1.165, 1.54) is 6.07 Å². The van der Waals surface area contributed by atoms with Crippen molar-refractivity contribution in [2.75, 3.05) is 18.4 Å². The van der Waals surface area contributed by atoms with Crippen molar-refractivity contribution in [3.05, 3.63) is 69.8 Å². The number of nitrogens with zero attached hydrogens (tertiary/aromatic N) is 4. The highest BCUT2D eigenvalue weighted by Crippen LogP contribution is 2.30. The van der Waals surface area contributed by atoms with Crippen LogP contribution in [0.25, 0.3) is 5.82 Å². The fourth-order valence-corrected chi connectivity index (χ4v) is 3.49. The summed E-state index contributed by atoms with van der Waals surface area (Å²) in [7, 11) is 0. The van der Waals surface area contributed by atoms with Gasteiger partial charge in [0.05, 0.1) is 5.69 Å². The lowest BCUT2D eigenvalue weighted by atomic mass is 10.2. The van der Waals surface area contributed by atoms with Crippen molar-refractivity contribution >= 4 is 23.4 Å². The molecule has 1 aromatic carbocycles. The van der Waals surface area contributed by atoms with Gasteiger partial charge in [0.2, 0.25) is 11.8 Å². The number of nitrogens with one attached hydrogen (secondary N) is 3. The Kier molecular flexibility index (Phi) is 7.04. The van der Waals surface area contributed by atoms with Crippen molar-refractivity contribution in [2.24, 2.45) is 5.92 Å². The molecule has 1 fully saturated rings. The average molecular weight is 478 g/mol. The molecule has 182 valence electrons. The van der Waals surface area contributed by atoms with Crippen molar-refractivity contribution in [1.82, 2.24) is 30.2 Å². The number of carbonyl (C=O) groups is 3. The fraction of sp³-hybridized carbons (Fsp3) is 0.333. The first kappa shape index (κ1) is 23.9. The number of benzene rings is 1. The molecule has 3 N–H and O–H groups in total. The zero-order valence-corrected chi connectivity index (χ0v) is 19.6. The minimum absolute atomic E-state index is 0.00808. The van der Waals surface area contributed by atoms with E-state index >= 15 is 0 Å². The Balaban J connectivity index is 1.23. The summed E-state index contributed by atoms with van der Waals surface area (Å²) in [4.78, 5) is 48.5. The molecular weight excluding hydrogens is 450 g/mol. The van der Waals surface area contributed by atoms with Crippen molar-refractivity contribution in [3.63, 3.8) is 0 Å². The quantitative estimate of drug-likeness (QED) is 0.392. The number of anilines is 1. The molecule has 0 aliphatic heterocycles. The van der Waals surface area contributed by atoms with Crippen molar-refractivity contribution < 1.29 is 14.4 Å². The van der Waals surface area contributed by atoms with Gasteiger partial charge in [0, 0.05) is 42.0 Å². The molecule has 1 aliphatic carbocycles. The summed E-state index contributed by atoms with van der Waals surface area (Å²) in [6.07, 6.45) is 1.85. The molecule has 0 spiro atoms. The minimum atomic E-state index is -0.407. The number of hydrogen-bond acceptors (Lipinski definition) is 6. The van der Waals surface area contributed by atoms with Gasteiger partial charge in [-0.2, -0.15) is 5.10 Å². The molecule has 0 unspecified atom stereocenters.